The molecule has 2 amide bonds. The lowest BCUT2D eigenvalue weighted by Crippen LogP contribution is -2.38. The fraction of sp³-hybridized carbons (Fsp3) is 0.375. The van der Waals surface area contributed by atoms with Crippen LogP contribution >= 0.6 is 0 Å². The van der Waals surface area contributed by atoms with E-state index in [1.807, 2.05) is 6.07 Å². The highest BCUT2D eigenvalue weighted by Crippen LogP contribution is 2.28. The number of rotatable bonds is 6. The minimum Gasteiger partial charge on any atom is -0.354 e. The molecule has 7 heteroatoms. The van der Waals surface area contributed by atoms with Gasteiger partial charge >= 0.3 is 0 Å². The van der Waals surface area contributed by atoms with E-state index in [4.69, 9.17) is 0 Å². The number of carbonyl (C=O) groups excluding carboxylic acids is 2. The molecule has 7 nitrogen and oxygen atoms in total. The normalized spacial score (nSPS) is 13.7. The third-order valence-electron chi connectivity index (χ3n) is 3.75. The Kier molecular flexibility index (Phi) is 4.36. The Labute approximate surface area is 132 Å². The van der Waals surface area contributed by atoms with Crippen LogP contribution in [0, 0.1) is 5.92 Å². The maximum Gasteiger partial charge on any atom is 0.269 e. The first-order valence-electron chi connectivity index (χ1n) is 7.64. The average Bonchev–Trinajstić information content (AvgIpc) is 3.39. The summed E-state index contributed by atoms with van der Waals surface area (Å²) in [5.41, 5.74) is 0.967. The molecule has 1 aliphatic carbocycles. The number of amides is 2. The minimum atomic E-state index is -0.319. The predicted octanol–water partition coefficient (Wildman–Crippen LogP) is 0.0389. The van der Waals surface area contributed by atoms with Gasteiger partial charge in [0.1, 0.15) is 6.54 Å². The molecule has 1 heterocycles. The summed E-state index contributed by atoms with van der Waals surface area (Å²) in [6.07, 6.45) is 3.12. The van der Waals surface area contributed by atoms with Crippen LogP contribution in [0.4, 0.5) is 0 Å². The Morgan fingerprint density at radius 2 is 1.91 bits per heavy atom. The molecule has 0 atom stereocenters. The lowest BCUT2D eigenvalue weighted by Gasteiger charge is -2.10. The third kappa shape index (κ3) is 3.74. The fourth-order valence-corrected chi connectivity index (χ4v) is 2.35. The van der Waals surface area contributed by atoms with E-state index < -0.39 is 0 Å². The maximum atomic E-state index is 12.0. The van der Waals surface area contributed by atoms with Crippen molar-refractivity contribution in [2.75, 3.05) is 13.1 Å². The van der Waals surface area contributed by atoms with Gasteiger partial charge in [0.2, 0.25) is 11.8 Å². The summed E-state index contributed by atoms with van der Waals surface area (Å²) < 4.78 is 1.39. The first-order valence-corrected chi connectivity index (χ1v) is 7.64. The zero-order valence-electron chi connectivity index (χ0n) is 12.6. The molecule has 1 aliphatic rings. The van der Waals surface area contributed by atoms with Crippen molar-refractivity contribution in [2.45, 2.75) is 19.4 Å². The number of nitrogens with one attached hydrogen (secondary N) is 2. The molecule has 0 unspecified atom stereocenters. The van der Waals surface area contributed by atoms with Gasteiger partial charge in [-0.1, -0.05) is 12.1 Å². The van der Waals surface area contributed by atoms with Crippen molar-refractivity contribution in [1.29, 1.82) is 0 Å². The molecule has 0 spiro atoms. The molecule has 0 aliphatic heterocycles. The number of nitrogens with zero attached hydrogens (tertiary/aromatic N) is 2. The Balaban J connectivity index is 1.56. The minimum absolute atomic E-state index is 0.0515. The standard InChI is InChI=1S/C16H18N4O3/c21-14(17-7-8-18-16(23)11-5-6-11)10-20-13-4-2-1-3-12(13)19-9-15(20)22/h1-4,9,11H,5-8,10H2,(H,17,21)(H,18,23). The molecule has 0 saturated heterocycles. The van der Waals surface area contributed by atoms with E-state index >= 15 is 0 Å². The molecule has 1 aromatic carbocycles. The second-order valence-corrected chi connectivity index (χ2v) is 5.59. The van der Waals surface area contributed by atoms with E-state index in [0.717, 1.165) is 12.8 Å². The zero-order valence-corrected chi connectivity index (χ0v) is 12.6. The van der Waals surface area contributed by atoms with Gasteiger partial charge in [0.15, 0.2) is 0 Å². The van der Waals surface area contributed by atoms with Crippen molar-refractivity contribution in [2.24, 2.45) is 5.92 Å². The van der Waals surface area contributed by atoms with Crippen LogP contribution in [0.5, 0.6) is 0 Å². The van der Waals surface area contributed by atoms with Crippen molar-refractivity contribution < 1.29 is 9.59 Å². The largest absolute Gasteiger partial charge is 0.354 e. The van der Waals surface area contributed by atoms with Crippen LogP contribution in [0.3, 0.4) is 0 Å². The smallest absolute Gasteiger partial charge is 0.269 e. The molecule has 2 N–H and O–H groups in total. The van der Waals surface area contributed by atoms with Gasteiger partial charge in [-0.05, 0) is 25.0 Å². The van der Waals surface area contributed by atoms with Crippen LogP contribution < -0.4 is 16.2 Å². The quantitative estimate of drug-likeness (QED) is 0.736. The molecule has 3 rings (SSSR count). The molecule has 0 bridgehead atoms. The molecule has 0 radical (unpaired) electrons. The van der Waals surface area contributed by atoms with Crippen LogP contribution in [-0.4, -0.2) is 34.5 Å². The van der Waals surface area contributed by atoms with Crippen molar-refractivity contribution in [3.8, 4) is 0 Å². The Morgan fingerprint density at radius 3 is 2.70 bits per heavy atom. The molecule has 1 aromatic heterocycles. The molecule has 1 saturated carbocycles. The summed E-state index contributed by atoms with van der Waals surface area (Å²) in [5, 5.41) is 5.48. The second kappa shape index (κ2) is 6.60. The highest BCUT2D eigenvalue weighted by Gasteiger charge is 2.28. The van der Waals surface area contributed by atoms with Gasteiger partial charge in [0.05, 0.1) is 17.2 Å². The second-order valence-electron chi connectivity index (χ2n) is 5.59. The number of aromatic nitrogens is 2. The summed E-state index contributed by atoms with van der Waals surface area (Å²) >= 11 is 0. The Hall–Kier alpha value is -2.70. The summed E-state index contributed by atoms with van der Waals surface area (Å²) in [5.74, 6) is -0.0628. The molecule has 23 heavy (non-hydrogen) atoms. The summed E-state index contributed by atoms with van der Waals surface area (Å²) in [4.78, 5) is 39.4. The van der Waals surface area contributed by atoms with Crippen molar-refractivity contribution in [3.05, 3.63) is 40.8 Å². The van der Waals surface area contributed by atoms with Gasteiger partial charge in [-0.3, -0.25) is 19.0 Å². The highest BCUT2D eigenvalue weighted by molar-refractivity contribution is 5.81. The average molecular weight is 314 g/mol. The van der Waals surface area contributed by atoms with E-state index in [0.29, 0.717) is 24.1 Å². The van der Waals surface area contributed by atoms with Crippen molar-refractivity contribution in [1.82, 2.24) is 20.2 Å². The number of hydrogen-bond acceptors (Lipinski definition) is 4. The summed E-state index contributed by atoms with van der Waals surface area (Å²) in [6.45, 7) is 0.667. The summed E-state index contributed by atoms with van der Waals surface area (Å²) in [6, 6.07) is 7.17. The van der Waals surface area contributed by atoms with E-state index in [2.05, 4.69) is 15.6 Å². The van der Waals surface area contributed by atoms with Crippen LogP contribution in [0.15, 0.2) is 35.3 Å². The molecule has 120 valence electrons. The van der Waals surface area contributed by atoms with E-state index in [9.17, 15) is 14.4 Å². The molecular weight excluding hydrogens is 296 g/mol. The monoisotopic (exact) mass is 314 g/mol. The lowest BCUT2D eigenvalue weighted by atomic mass is 10.3. The van der Waals surface area contributed by atoms with Gasteiger partial charge in [0, 0.05) is 19.0 Å². The first kappa shape index (κ1) is 15.2. The van der Waals surface area contributed by atoms with E-state index in [1.165, 1.54) is 10.8 Å². The van der Waals surface area contributed by atoms with Gasteiger partial charge in [-0.15, -0.1) is 0 Å². The molecule has 2 aromatic rings. The first-order chi connectivity index (χ1) is 11.1. The lowest BCUT2D eigenvalue weighted by molar-refractivity contribution is -0.123. The van der Waals surface area contributed by atoms with Crippen LogP contribution in [0.2, 0.25) is 0 Å². The van der Waals surface area contributed by atoms with Crippen LogP contribution in [-0.2, 0) is 16.1 Å². The van der Waals surface area contributed by atoms with Gasteiger partial charge in [0.25, 0.3) is 5.56 Å². The third-order valence-corrected chi connectivity index (χ3v) is 3.75. The predicted molar refractivity (Wildman–Crippen MR) is 84.7 cm³/mol. The van der Waals surface area contributed by atoms with Crippen LogP contribution in [0.1, 0.15) is 12.8 Å². The van der Waals surface area contributed by atoms with E-state index in [1.54, 1.807) is 18.2 Å². The number of para-hydroxylation sites is 2. The SMILES string of the molecule is O=C(Cn1c(=O)cnc2ccccc21)NCCNC(=O)C1CC1. The van der Waals surface area contributed by atoms with Gasteiger partial charge in [-0.25, -0.2) is 4.98 Å². The number of carbonyl (C=O) groups is 2. The topological polar surface area (TPSA) is 93.1 Å². The molecular formula is C16H18N4O3. The fourth-order valence-electron chi connectivity index (χ4n) is 2.35. The number of fused-ring (bicyclic) bond motifs is 1. The maximum absolute atomic E-state index is 12.0. The van der Waals surface area contributed by atoms with Gasteiger partial charge < -0.3 is 10.6 Å². The van der Waals surface area contributed by atoms with Gasteiger partial charge in [-0.2, -0.15) is 0 Å². The highest BCUT2D eigenvalue weighted by atomic mass is 16.2. The van der Waals surface area contributed by atoms with Crippen molar-refractivity contribution >= 4 is 22.8 Å². The molecule has 1 fully saturated rings. The van der Waals surface area contributed by atoms with E-state index in [-0.39, 0.29) is 29.8 Å². The van der Waals surface area contributed by atoms with Crippen molar-refractivity contribution in [3.63, 3.8) is 0 Å². The number of hydrogen-bond donors (Lipinski definition) is 2. The number of benzene rings is 1. The zero-order chi connectivity index (χ0) is 16.2. The van der Waals surface area contributed by atoms with Crippen LogP contribution in [0.25, 0.3) is 11.0 Å². The Morgan fingerprint density at radius 1 is 1.17 bits per heavy atom. The Bertz CT molecular complexity index is 795. The summed E-state index contributed by atoms with van der Waals surface area (Å²) in [7, 11) is 0.